The van der Waals surface area contributed by atoms with E-state index in [0.29, 0.717) is 5.01 Å². The Kier molecular flexibility index (Phi) is 4.56. The molecule has 132 valence electrons. The average molecular weight is 386 g/mol. The van der Waals surface area contributed by atoms with Crippen molar-refractivity contribution in [1.82, 2.24) is 9.29 Å². The summed E-state index contributed by atoms with van der Waals surface area (Å²) in [5.41, 5.74) is -0.108. The zero-order valence-corrected chi connectivity index (χ0v) is 14.6. The number of nitrogens with zero attached hydrogens (tertiary/aromatic N) is 2. The molecule has 0 unspecified atom stereocenters. The van der Waals surface area contributed by atoms with E-state index in [-0.39, 0.29) is 11.4 Å². The van der Waals surface area contributed by atoms with E-state index in [9.17, 15) is 21.6 Å². The molecule has 0 saturated carbocycles. The molecule has 0 amide bonds. The summed E-state index contributed by atoms with van der Waals surface area (Å²) in [4.78, 5) is 4.18. The van der Waals surface area contributed by atoms with Gasteiger partial charge in [0, 0.05) is 7.05 Å². The molecule has 3 rings (SSSR count). The largest absolute Gasteiger partial charge is 0.416 e. The van der Waals surface area contributed by atoms with Crippen LogP contribution in [0.3, 0.4) is 0 Å². The zero-order valence-electron chi connectivity index (χ0n) is 13.0. The molecule has 0 saturated heterocycles. The van der Waals surface area contributed by atoms with E-state index in [2.05, 4.69) is 4.98 Å². The predicted octanol–water partition coefficient (Wildman–Crippen LogP) is 4.14. The summed E-state index contributed by atoms with van der Waals surface area (Å²) in [6, 6.07) is 10.9. The minimum Gasteiger partial charge on any atom is -0.240 e. The fraction of sp³-hybridized carbons (Fsp3) is 0.188. The molecule has 4 nitrogen and oxygen atoms in total. The van der Waals surface area contributed by atoms with Crippen molar-refractivity contribution in [1.29, 1.82) is 0 Å². The lowest BCUT2D eigenvalue weighted by atomic mass is 10.2. The van der Waals surface area contributed by atoms with Crippen molar-refractivity contribution in [2.45, 2.75) is 17.6 Å². The highest BCUT2D eigenvalue weighted by Gasteiger charge is 2.31. The van der Waals surface area contributed by atoms with Crippen LogP contribution in [0, 0.1) is 0 Å². The first-order valence-electron chi connectivity index (χ1n) is 7.16. The fourth-order valence-electron chi connectivity index (χ4n) is 2.26. The first-order chi connectivity index (χ1) is 11.7. The van der Waals surface area contributed by atoms with Crippen molar-refractivity contribution in [3.05, 3.63) is 59.1 Å². The summed E-state index contributed by atoms with van der Waals surface area (Å²) in [5, 5.41) is 0.610. The molecule has 2 aromatic carbocycles. The number of fused-ring (bicyclic) bond motifs is 1. The third-order valence-electron chi connectivity index (χ3n) is 3.59. The maximum atomic E-state index is 12.6. The molecule has 0 atom stereocenters. The normalized spacial score (nSPS) is 12.8. The van der Waals surface area contributed by atoms with Crippen LogP contribution in [0.25, 0.3) is 10.2 Å². The number of alkyl halides is 3. The van der Waals surface area contributed by atoms with Crippen LogP contribution in [0.1, 0.15) is 10.6 Å². The van der Waals surface area contributed by atoms with Gasteiger partial charge in [0.05, 0.1) is 27.2 Å². The molecule has 9 heteroatoms. The highest BCUT2D eigenvalue weighted by molar-refractivity contribution is 7.89. The van der Waals surface area contributed by atoms with Gasteiger partial charge in [-0.2, -0.15) is 17.5 Å². The molecule has 1 heterocycles. The van der Waals surface area contributed by atoms with Gasteiger partial charge in [-0.1, -0.05) is 12.1 Å². The minimum atomic E-state index is -4.50. The molecule has 1 aromatic heterocycles. The number of halogens is 3. The van der Waals surface area contributed by atoms with Gasteiger partial charge in [-0.05, 0) is 36.4 Å². The summed E-state index contributed by atoms with van der Waals surface area (Å²) in [7, 11) is -2.53. The Labute approximate surface area is 146 Å². The Hall–Kier alpha value is -1.97. The van der Waals surface area contributed by atoms with Crippen LogP contribution in [-0.4, -0.2) is 24.8 Å². The van der Waals surface area contributed by atoms with Gasteiger partial charge < -0.3 is 0 Å². The molecular formula is C16H13F3N2O2S2. The quantitative estimate of drug-likeness (QED) is 0.677. The molecule has 0 N–H and O–H groups in total. The molecule has 0 aliphatic rings. The Morgan fingerprint density at radius 2 is 1.72 bits per heavy atom. The summed E-state index contributed by atoms with van der Waals surface area (Å²) in [5.74, 6) is 0. The van der Waals surface area contributed by atoms with Crippen LogP contribution in [-0.2, 0) is 22.7 Å². The van der Waals surface area contributed by atoms with Gasteiger partial charge in [0.15, 0.2) is 0 Å². The molecule has 25 heavy (non-hydrogen) atoms. The number of thiazole rings is 1. The highest BCUT2D eigenvalue weighted by Crippen LogP contribution is 2.30. The monoisotopic (exact) mass is 386 g/mol. The van der Waals surface area contributed by atoms with Gasteiger partial charge in [-0.3, -0.25) is 0 Å². The first kappa shape index (κ1) is 17.8. The van der Waals surface area contributed by atoms with Crippen LogP contribution in [0.15, 0.2) is 53.4 Å². The van der Waals surface area contributed by atoms with Crippen LogP contribution in [0.5, 0.6) is 0 Å². The third kappa shape index (κ3) is 3.68. The summed E-state index contributed by atoms with van der Waals surface area (Å²) in [6.45, 7) is 0.0443. The second-order valence-electron chi connectivity index (χ2n) is 5.36. The fourth-order valence-corrected chi connectivity index (χ4v) is 4.49. The number of benzene rings is 2. The van der Waals surface area contributed by atoms with Gasteiger partial charge >= 0.3 is 6.18 Å². The topological polar surface area (TPSA) is 50.3 Å². The standard InChI is InChI=1S/C16H13F3N2O2S2/c1-21(10-15-20-13-4-2-3-5-14(13)24-15)25(22,23)12-8-6-11(7-9-12)16(17,18)19/h2-9H,10H2,1H3. The number of rotatable bonds is 4. The van der Waals surface area contributed by atoms with E-state index in [1.807, 2.05) is 24.3 Å². The predicted molar refractivity (Wildman–Crippen MR) is 89.7 cm³/mol. The van der Waals surface area contributed by atoms with Gasteiger partial charge in [0.25, 0.3) is 0 Å². The molecule has 0 fully saturated rings. The lowest BCUT2D eigenvalue weighted by Gasteiger charge is -2.16. The van der Waals surface area contributed by atoms with E-state index in [1.165, 1.54) is 18.4 Å². The second-order valence-corrected chi connectivity index (χ2v) is 8.52. The lowest BCUT2D eigenvalue weighted by molar-refractivity contribution is -0.137. The van der Waals surface area contributed by atoms with E-state index in [1.54, 1.807) is 0 Å². The van der Waals surface area contributed by atoms with Crippen LogP contribution < -0.4 is 0 Å². The van der Waals surface area contributed by atoms with Crippen LogP contribution >= 0.6 is 11.3 Å². The number of hydrogen-bond acceptors (Lipinski definition) is 4. The van der Waals surface area contributed by atoms with Gasteiger partial charge in [0.1, 0.15) is 5.01 Å². The summed E-state index contributed by atoms with van der Waals surface area (Å²) in [6.07, 6.45) is -4.50. The van der Waals surface area contributed by atoms with E-state index < -0.39 is 21.8 Å². The Morgan fingerprint density at radius 1 is 1.08 bits per heavy atom. The summed E-state index contributed by atoms with van der Waals surface area (Å²) < 4.78 is 64.9. The van der Waals surface area contributed by atoms with Gasteiger partial charge in [-0.25, -0.2) is 13.4 Å². The Morgan fingerprint density at radius 3 is 2.32 bits per heavy atom. The number of hydrogen-bond donors (Lipinski definition) is 0. The molecule has 0 radical (unpaired) electrons. The second kappa shape index (κ2) is 6.40. The average Bonchev–Trinajstić information content (AvgIpc) is 2.96. The van der Waals surface area contributed by atoms with Crippen molar-refractivity contribution in [3.63, 3.8) is 0 Å². The van der Waals surface area contributed by atoms with Crippen molar-refractivity contribution in [2.75, 3.05) is 7.05 Å². The van der Waals surface area contributed by atoms with Crippen molar-refractivity contribution in [3.8, 4) is 0 Å². The Balaban J connectivity index is 1.83. The molecule has 0 spiro atoms. The Bertz CT molecular complexity index is 963. The van der Waals surface area contributed by atoms with Crippen LogP contribution in [0.2, 0.25) is 0 Å². The molecule has 3 aromatic rings. The SMILES string of the molecule is CN(Cc1nc2ccccc2s1)S(=O)(=O)c1ccc(C(F)(F)F)cc1. The number of para-hydroxylation sites is 1. The van der Waals surface area contributed by atoms with Crippen LogP contribution in [0.4, 0.5) is 13.2 Å². The van der Waals surface area contributed by atoms with Crippen molar-refractivity contribution >= 4 is 31.6 Å². The number of aromatic nitrogens is 1. The van der Waals surface area contributed by atoms with Crippen molar-refractivity contribution < 1.29 is 21.6 Å². The van der Waals surface area contributed by atoms with Gasteiger partial charge in [-0.15, -0.1) is 11.3 Å². The zero-order chi connectivity index (χ0) is 18.2. The van der Waals surface area contributed by atoms with E-state index >= 15 is 0 Å². The van der Waals surface area contributed by atoms with Crippen molar-refractivity contribution in [2.24, 2.45) is 0 Å². The highest BCUT2D eigenvalue weighted by atomic mass is 32.2. The van der Waals surface area contributed by atoms with E-state index in [4.69, 9.17) is 0 Å². The third-order valence-corrected chi connectivity index (χ3v) is 6.42. The summed E-state index contributed by atoms with van der Waals surface area (Å²) >= 11 is 1.38. The van der Waals surface area contributed by atoms with Gasteiger partial charge in [0.2, 0.25) is 10.0 Å². The smallest absolute Gasteiger partial charge is 0.240 e. The first-order valence-corrected chi connectivity index (χ1v) is 9.41. The molecule has 0 bridgehead atoms. The molecular weight excluding hydrogens is 373 g/mol. The number of sulfonamides is 1. The maximum Gasteiger partial charge on any atom is 0.416 e. The molecule has 0 aliphatic carbocycles. The maximum absolute atomic E-state index is 12.6. The van der Waals surface area contributed by atoms with E-state index in [0.717, 1.165) is 38.8 Å². The molecule has 0 aliphatic heterocycles. The lowest BCUT2D eigenvalue weighted by Crippen LogP contribution is -2.26. The minimum absolute atomic E-state index is 0.0443.